The van der Waals surface area contributed by atoms with E-state index < -0.39 is 0 Å². The zero-order valence-corrected chi connectivity index (χ0v) is 11.8. The van der Waals surface area contributed by atoms with Gasteiger partial charge in [0.15, 0.2) is 0 Å². The predicted molar refractivity (Wildman–Crippen MR) is 82.9 cm³/mol. The predicted octanol–water partition coefficient (Wildman–Crippen LogP) is 3.38. The zero-order valence-electron chi connectivity index (χ0n) is 11.0. The maximum absolute atomic E-state index is 5.68. The van der Waals surface area contributed by atoms with Gasteiger partial charge in [0.25, 0.3) is 0 Å². The number of ether oxygens (including phenoxy) is 1. The molecule has 0 spiro atoms. The largest absolute Gasteiger partial charge is 0.494 e. The molecule has 0 bridgehead atoms. The lowest BCUT2D eigenvalue weighted by Gasteiger charge is -2.13. The molecule has 2 nitrogen and oxygen atoms in total. The second-order valence-corrected chi connectivity index (χ2v) is 4.00. The van der Waals surface area contributed by atoms with Crippen LogP contribution in [0, 0.1) is 12.3 Å². The fourth-order valence-electron chi connectivity index (χ4n) is 2.05. The van der Waals surface area contributed by atoms with Crippen molar-refractivity contribution in [2.24, 2.45) is 0 Å². The van der Waals surface area contributed by atoms with Crippen LogP contribution < -0.4 is 10.1 Å². The Balaban J connectivity index is 0.00000180. The van der Waals surface area contributed by atoms with Crippen molar-refractivity contribution in [3.63, 3.8) is 0 Å². The quantitative estimate of drug-likeness (QED) is 0.667. The highest BCUT2D eigenvalue weighted by Crippen LogP contribution is 2.28. The van der Waals surface area contributed by atoms with Crippen LogP contribution >= 0.6 is 12.4 Å². The molecule has 100 valence electrons. The summed E-state index contributed by atoms with van der Waals surface area (Å²) in [5.41, 5.74) is 1.17. The van der Waals surface area contributed by atoms with Gasteiger partial charge >= 0.3 is 0 Å². The Kier molecular flexibility index (Phi) is 6.21. The number of benzene rings is 2. The summed E-state index contributed by atoms with van der Waals surface area (Å²) in [6, 6.07) is 12.4. The van der Waals surface area contributed by atoms with Crippen molar-refractivity contribution in [3.8, 4) is 18.1 Å². The summed E-state index contributed by atoms with van der Waals surface area (Å²) in [4.78, 5) is 0. The molecular weight excluding hydrogens is 258 g/mol. The van der Waals surface area contributed by atoms with Gasteiger partial charge in [-0.15, -0.1) is 18.8 Å². The summed E-state index contributed by atoms with van der Waals surface area (Å²) in [7, 11) is 0. The van der Waals surface area contributed by atoms with Crippen molar-refractivity contribution in [2.75, 3.05) is 13.2 Å². The summed E-state index contributed by atoms with van der Waals surface area (Å²) in [5.74, 6) is 3.52. The smallest absolute Gasteiger partial charge is 0.124 e. The molecule has 0 aliphatic carbocycles. The molecule has 1 N–H and O–H groups in total. The number of halogens is 1. The van der Waals surface area contributed by atoms with Crippen molar-refractivity contribution >= 4 is 23.2 Å². The van der Waals surface area contributed by atoms with Gasteiger partial charge in [0, 0.05) is 12.1 Å². The van der Waals surface area contributed by atoms with E-state index in [1.165, 1.54) is 16.3 Å². The molecule has 0 radical (unpaired) electrons. The normalized spacial score (nSPS) is 9.68. The fourth-order valence-corrected chi connectivity index (χ4v) is 2.05. The van der Waals surface area contributed by atoms with Crippen LogP contribution in [0.2, 0.25) is 0 Å². The number of hydrogen-bond donors (Lipinski definition) is 1. The highest BCUT2D eigenvalue weighted by atomic mass is 35.5. The summed E-state index contributed by atoms with van der Waals surface area (Å²) in [5, 5.41) is 5.66. The Hall–Kier alpha value is -1.69. The van der Waals surface area contributed by atoms with Gasteiger partial charge in [0.05, 0.1) is 13.2 Å². The second kappa shape index (κ2) is 7.68. The van der Waals surface area contributed by atoms with Crippen LogP contribution in [0.5, 0.6) is 5.75 Å². The molecule has 2 aromatic carbocycles. The van der Waals surface area contributed by atoms with E-state index in [-0.39, 0.29) is 12.4 Å². The lowest BCUT2D eigenvalue weighted by molar-refractivity contribution is 0.336. The number of nitrogens with one attached hydrogen (secondary N) is 1. The van der Waals surface area contributed by atoms with Crippen molar-refractivity contribution in [1.29, 1.82) is 0 Å². The molecule has 0 aliphatic heterocycles. The number of rotatable bonds is 5. The Morgan fingerprint density at radius 2 is 2.00 bits per heavy atom. The summed E-state index contributed by atoms with van der Waals surface area (Å²) in [6.45, 7) is 3.95. The van der Waals surface area contributed by atoms with Crippen molar-refractivity contribution in [3.05, 3.63) is 42.0 Å². The first-order valence-corrected chi connectivity index (χ1v) is 6.14. The minimum Gasteiger partial charge on any atom is -0.494 e. The minimum atomic E-state index is 0. The van der Waals surface area contributed by atoms with E-state index in [1.54, 1.807) is 0 Å². The van der Waals surface area contributed by atoms with Crippen LogP contribution in [0.4, 0.5) is 0 Å². The molecule has 0 saturated heterocycles. The lowest BCUT2D eigenvalue weighted by Crippen LogP contribution is -2.14. The Morgan fingerprint density at radius 1 is 1.21 bits per heavy atom. The third kappa shape index (κ3) is 3.64. The molecule has 2 rings (SSSR count). The van der Waals surface area contributed by atoms with Gasteiger partial charge in [0.2, 0.25) is 0 Å². The van der Waals surface area contributed by atoms with E-state index in [1.807, 2.05) is 25.1 Å². The van der Waals surface area contributed by atoms with Crippen LogP contribution in [0.1, 0.15) is 12.5 Å². The summed E-state index contributed by atoms with van der Waals surface area (Å²) in [6.07, 6.45) is 5.26. The molecule has 0 saturated carbocycles. The van der Waals surface area contributed by atoms with E-state index in [9.17, 15) is 0 Å². The third-order valence-corrected chi connectivity index (χ3v) is 2.83. The average Bonchev–Trinajstić information content (AvgIpc) is 2.41. The average molecular weight is 276 g/mol. The van der Waals surface area contributed by atoms with Crippen LogP contribution in [-0.2, 0) is 6.54 Å². The maximum Gasteiger partial charge on any atom is 0.124 e. The Labute approximate surface area is 120 Å². The van der Waals surface area contributed by atoms with Crippen LogP contribution in [0.15, 0.2) is 36.4 Å². The molecular formula is C16H18ClNO. The molecule has 2 aromatic rings. The number of terminal acetylenes is 1. The molecule has 0 atom stereocenters. The van der Waals surface area contributed by atoms with E-state index in [0.29, 0.717) is 13.2 Å². The number of fused-ring (bicyclic) bond motifs is 1. The topological polar surface area (TPSA) is 21.3 Å². The van der Waals surface area contributed by atoms with Crippen molar-refractivity contribution < 1.29 is 4.74 Å². The second-order valence-electron chi connectivity index (χ2n) is 4.00. The van der Waals surface area contributed by atoms with Gasteiger partial charge < -0.3 is 10.1 Å². The fraction of sp³-hybridized carbons (Fsp3) is 0.250. The van der Waals surface area contributed by atoms with E-state index in [2.05, 4.69) is 29.4 Å². The highest BCUT2D eigenvalue weighted by Gasteiger charge is 2.07. The van der Waals surface area contributed by atoms with E-state index in [0.717, 1.165) is 12.3 Å². The van der Waals surface area contributed by atoms with Crippen molar-refractivity contribution in [1.82, 2.24) is 5.32 Å². The van der Waals surface area contributed by atoms with E-state index >= 15 is 0 Å². The van der Waals surface area contributed by atoms with Gasteiger partial charge in [0.1, 0.15) is 5.75 Å². The first-order chi connectivity index (χ1) is 8.86. The van der Waals surface area contributed by atoms with E-state index in [4.69, 9.17) is 11.2 Å². The van der Waals surface area contributed by atoms with Crippen LogP contribution in [0.3, 0.4) is 0 Å². The summed E-state index contributed by atoms with van der Waals surface area (Å²) < 4.78 is 5.68. The molecule has 0 unspecified atom stereocenters. The Bertz CT molecular complexity index is 574. The lowest BCUT2D eigenvalue weighted by atomic mass is 10.0. The molecule has 19 heavy (non-hydrogen) atoms. The third-order valence-electron chi connectivity index (χ3n) is 2.83. The maximum atomic E-state index is 5.68. The molecule has 0 amide bonds. The van der Waals surface area contributed by atoms with Crippen LogP contribution in [0.25, 0.3) is 10.8 Å². The number of hydrogen-bond acceptors (Lipinski definition) is 2. The monoisotopic (exact) mass is 275 g/mol. The SMILES string of the molecule is C#CCNCc1c(OCC)ccc2ccccc12.Cl. The Morgan fingerprint density at radius 3 is 2.74 bits per heavy atom. The molecule has 0 heterocycles. The van der Waals surface area contributed by atoms with Crippen molar-refractivity contribution in [2.45, 2.75) is 13.5 Å². The van der Waals surface area contributed by atoms with Gasteiger partial charge in [-0.25, -0.2) is 0 Å². The van der Waals surface area contributed by atoms with Gasteiger partial charge in [-0.2, -0.15) is 0 Å². The highest BCUT2D eigenvalue weighted by molar-refractivity contribution is 5.87. The first-order valence-electron chi connectivity index (χ1n) is 6.14. The molecule has 3 heteroatoms. The van der Waals surface area contributed by atoms with Gasteiger partial charge in [-0.1, -0.05) is 36.3 Å². The standard InChI is InChI=1S/C16H17NO.ClH/c1-3-11-17-12-15-14-8-6-5-7-13(14)9-10-16(15)18-4-2;/h1,5-10,17H,4,11-12H2,2H3;1H. The summed E-state index contributed by atoms with van der Waals surface area (Å²) >= 11 is 0. The molecule has 0 aliphatic rings. The molecule has 0 aromatic heterocycles. The van der Waals surface area contributed by atoms with Gasteiger partial charge in [-0.3, -0.25) is 0 Å². The van der Waals surface area contributed by atoms with Crippen LogP contribution in [-0.4, -0.2) is 13.2 Å². The minimum absolute atomic E-state index is 0. The first kappa shape index (κ1) is 15.4. The molecule has 0 fully saturated rings. The van der Waals surface area contributed by atoms with Gasteiger partial charge in [-0.05, 0) is 23.8 Å². The zero-order chi connectivity index (χ0) is 12.8.